The molecule has 0 aliphatic rings. The van der Waals surface area contributed by atoms with Crippen LogP contribution in [0.2, 0.25) is 0 Å². The number of carboxylic acid groups (broad SMARTS) is 1. The first-order valence-corrected chi connectivity index (χ1v) is 5.81. The van der Waals surface area contributed by atoms with E-state index >= 15 is 0 Å². The number of rotatable bonds is 3. The molecule has 0 bridgehead atoms. The van der Waals surface area contributed by atoms with E-state index in [1.807, 2.05) is 0 Å². The van der Waals surface area contributed by atoms with Crippen LogP contribution in [0.25, 0.3) is 11.2 Å². The molecule has 3 aromatic rings. The van der Waals surface area contributed by atoms with Gasteiger partial charge in [0.1, 0.15) is 17.6 Å². The lowest BCUT2D eigenvalue weighted by molar-refractivity contribution is 0.0695. The van der Waals surface area contributed by atoms with Crippen LogP contribution in [0, 0.1) is 6.92 Å². The molecule has 0 unspecified atom stereocenters. The Morgan fingerprint density at radius 3 is 2.95 bits per heavy atom. The molecular formula is C13H10N4O3. The second-order valence-electron chi connectivity index (χ2n) is 4.12. The molecule has 0 atom stereocenters. The Balaban J connectivity index is 2.05. The molecule has 7 nitrogen and oxygen atoms in total. The van der Waals surface area contributed by atoms with E-state index in [1.54, 1.807) is 19.1 Å². The Hall–Kier alpha value is -2.96. The van der Waals surface area contributed by atoms with Crippen molar-refractivity contribution in [2.75, 3.05) is 0 Å². The molecule has 2 aromatic heterocycles. The third kappa shape index (κ3) is 1.95. The first-order valence-electron chi connectivity index (χ1n) is 5.81. The van der Waals surface area contributed by atoms with Crippen molar-refractivity contribution >= 4 is 17.1 Å². The Kier molecular flexibility index (Phi) is 2.79. The van der Waals surface area contributed by atoms with Crippen molar-refractivity contribution in [1.82, 2.24) is 19.9 Å². The van der Waals surface area contributed by atoms with Crippen molar-refractivity contribution in [3.63, 3.8) is 0 Å². The van der Waals surface area contributed by atoms with Gasteiger partial charge in [-0.15, -0.1) is 0 Å². The van der Waals surface area contributed by atoms with Crippen molar-refractivity contribution in [1.29, 1.82) is 0 Å². The smallest absolute Gasteiger partial charge is 0.336 e. The van der Waals surface area contributed by atoms with E-state index in [2.05, 4.69) is 19.9 Å². The SMILES string of the molecule is Cc1c(Oc2ncnc3nc[nH]c23)cccc1C(=O)O. The van der Waals surface area contributed by atoms with Crippen molar-refractivity contribution in [3.05, 3.63) is 42.0 Å². The molecule has 2 N–H and O–H groups in total. The Labute approximate surface area is 113 Å². The summed E-state index contributed by atoms with van der Waals surface area (Å²) in [4.78, 5) is 26.0. The number of fused-ring (bicyclic) bond motifs is 1. The number of imidazole rings is 1. The quantitative estimate of drug-likeness (QED) is 0.756. The molecule has 0 saturated carbocycles. The van der Waals surface area contributed by atoms with Crippen LogP contribution < -0.4 is 4.74 Å². The summed E-state index contributed by atoms with van der Waals surface area (Å²) in [6, 6.07) is 4.83. The van der Waals surface area contributed by atoms with E-state index in [9.17, 15) is 4.79 Å². The highest BCUT2D eigenvalue weighted by Crippen LogP contribution is 2.28. The van der Waals surface area contributed by atoms with Crippen molar-refractivity contribution < 1.29 is 14.6 Å². The molecule has 100 valence electrons. The molecule has 0 aliphatic heterocycles. The van der Waals surface area contributed by atoms with E-state index in [0.29, 0.717) is 28.4 Å². The summed E-state index contributed by atoms with van der Waals surface area (Å²) in [6.45, 7) is 1.68. The third-order valence-electron chi connectivity index (χ3n) is 2.91. The number of nitrogens with one attached hydrogen (secondary N) is 1. The number of hydrogen-bond acceptors (Lipinski definition) is 5. The van der Waals surface area contributed by atoms with Crippen LogP contribution in [0.15, 0.2) is 30.9 Å². The monoisotopic (exact) mass is 270 g/mol. The second kappa shape index (κ2) is 4.61. The van der Waals surface area contributed by atoms with Gasteiger partial charge in [0.25, 0.3) is 0 Å². The maximum Gasteiger partial charge on any atom is 0.336 e. The third-order valence-corrected chi connectivity index (χ3v) is 2.91. The average molecular weight is 270 g/mol. The fraction of sp³-hybridized carbons (Fsp3) is 0.0769. The molecule has 2 heterocycles. The predicted octanol–water partition coefficient (Wildman–Crippen LogP) is 2.15. The number of nitrogens with zero attached hydrogens (tertiary/aromatic N) is 3. The van der Waals surface area contributed by atoms with Crippen LogP contribution in [-0.4, -0.2) is 31.0 Å². The van der Waals surface area contributed by atoms with E-state index in [0.717, 1.165) is 0 Å². The number of aromatic nitrogens is 4. The van der Waals surface area contributed by atoms with Crippen LogP contribution in [-0.2, 0) is 0 Å². The van der Waals surface area contributed by atoms with Gasteiger partial charge < -0.3 is 14.8 Å². The molecule has 0 fully saturated rings. The maximum absolute atomic E-state index is 11.1. The van der Waals surface area contributed by atoms with Gasteiger partial charge in [-0.05, 0) is 19.1 Å². The minimum atomic E-state index is -0.998. The molecule has 3 rings (SSSR count). The first kappa shape index (κ1) is 12.1. The van der Waals surface area contributed by atoms with Gasteiger partial charge in [-0.3, -0.25) is 0 Å². The Bertz CT molecular complexity index is 797. The number of hydrogen-bond donors (Lipinski definition) is 2. The minimum Gasteiger partial charge on any atom is -0.478 e. The van der Waals surface area contributed by atoms with Crippen LogP contribution >= 0.6 is 0 Å². The standard InChI is InChI=1S/C13H10N4O3/c1-7-8(13(18)19)3-2-4-9(7)20-12-10-11(15-5-14-10)16-6-17-12/h2-6H,1H3,(H,18,19)(H,14,15,16,17). The minimum absolute atomic E-state index is 0.192. The van der Waals surface area contributed by atoms with Crippen LogP contribution in [0.3, 0.4) is 0 Å². The van der Waals surface area contributed by atoms with Gasteiger partial charge in [0.05, 0.1) is 11.9 Å². The van der Waals surface area contributed by atoms with E-state index in [4.69, 9.17) is 9.84 Å². The van der Waals surface area contributed by atoms with Gasteiger partial charge in [0, 0.05) is 5.56 Å². The number of ether oxygens (including phenoxy) is 1. The highest BCUT2D eigenvalue weighted by atomic mass is 16.5. The molecule has 0 amide bonds. The van der Waals surface area contributed by atoms with E-state index in [1.165, 1.54) is 18.7 Å². The van der Waals surface area contributed by atoms with Gasteiger partial charge in [-0.1, -0.05) is 6.07 Å². The number of H-pyrrole nitrogens is 1. The summed E-state index contributed by atoms with van der Waals surface area (Å²) in [5.41, 5.74) is 1.78. The molecule has 1 aromatic carbocycles. The fourth-order valence-electron chi connectivity index (χ4n) is 1.88. The lowest BCUT2D eigenvalue weighted by Crippen LogP contribution is -2.01. The zero-order chi connectivity index (χ0) is 14.1. The zero-order valence-corrected chi connectivity index (χ0v) is 10.5. The molecule has 7 heteroatoms. The number of aromatic amines is 1. The van der Waals surface area contributed by atoms with Crippen molar-refractivity contribution in [3.8, 4) is 11.6 Å². The largest absolute Gasteiger partial charge is 0.478 e. The highest BCUT2D eigenvalue weighted by Gasteiger charge is 2.14. The highest BCUT2D eigenvalue weighted by molar-refractivity contribution is 5.90. The normalized spacial score (nSPS) is 10.7. The number of carbonyl (C=O) groups is 1. The van der Waals surface area contributed by atoms with Crippen molar-refractivity contribution in [2.45, 2.75) is 6.92 Å². The second-order valence-corrected chi connectivity index (χ2v) is 4.12. The predicted molar refractivity (Wildman–Crippen MR) is 69.9 cm³/mol. The van der Waals surface area contributed by atoms with Gasteiger partial charge in [0.15, 0.2) is 5.65 Å². The Morgan fingerprint density at radius 1 is 1.30 bits per heavy atom. The maximum atomic E-state index is 11.1. The van der Waals surface area contributed by atoms with Crippen LogP contribution in [0.1, 0.15) is 15.9 Å². The number of benzene rings is 1. The summed E-state index contributed by atoms with van der Waals surface area (Å²) < 4.78 is 5.69. The summed E-state index contributed by atoms with van der Waals surface area (Å²) in [7, 11) is 0. The summed E-state index contributed by atoms with van der Waals surface area (Å²) in [6.07, 6.45) is 2.83. The molecule has 0 saturated heterocycles. The molecule has 0 radical (unpaired) electrons. The van der Waals surface area contributed by atoms with Crippen molar-refractivity contribution in [2.24, 2.45) is 0 Å². The molecular weight excluding hydrogens is 260 g/mol. The zero-order valence-electron chi connectivity index (χ0n) is 10.5. The number of carboxylic acids is 1. The van der Waals surface area contributed by atoms with Gasteiger partial charge in [-0.25, -0.2) is 14.8 Å². The topological polar surface area (TPSA) is 101 Å². The van der Waals surface area contributed by atoms with Gasteiger partial charge >= 0.3 is 5.97 Å². The lowest BCUT2D eigenvalue weighted by Gasteiger charge is -2.09. The molecule has 0 aliphatic carbocycles. The summed E-state index contributed by atoms with van der Waals surface area (Å²) in [5, 5.41) is 9.10. The summed E-state index contributed by atoms with van der Waals surface area (Å²) >= 11 is 0. The fourth-order valence-corrected chi connectivity index (χ4v) is 1.88. The lowest BCUT2D eigenvalue weighted by atomic mass is 10.1. The first-order chi connectivity index (χ1) is 9.66. The van der Waals surface area contributed by atoms with E-state index < -0.39 is 5.97 Å². The van der Waals surface area contributed by atoms with E-state index in [-0.39, 0.29) is 5.56 Å². The van der Waals surface area contributed by atoms with Crippen LogP contribution in [0.4, 0.5) is 0 Å². The van der Waals surface area contributed by atoms with Crippen LogP contribution in [0.5, 0.6) is 11.6 Å². The summed E-state index contributed by atoms with van der Waals surface area (Å²) in [5.74, 6) is -0.264. The Morgan fingerprint density at radius 2 is 2.15 bits per heavy atom. The molecule has 0 spiro atoms. The number of aromatic carboxylic acids is 1. The van der Waals surface area contributed by atoms with Gasteiger partial charge in [-0.2, -0.15) is 4.98 Å². The molecule has 20 heavy (non-hydrogen) atoms. The average Bonchev–Trinajstić information content (AvgIpc) is 2.90. The van der Waals surface area contributed by atoms with Gasteiger partial charge in [0.2, 0.25) is 5.88 Å².